The Morgan fingerprint density at radius 3 is 2.50 bits per heavy atom. The fourth-order valence-corrected chi connectivity index (χ4v) is 1.21. The Kier molecular flexibility index (Phi) is 6.16. The molecule has 1 unspecified atom stereocenters. The van der Waals surface area contributed by atoms with Crippen molar-refractivity contribution in [1.82, 2.24) is 5.32 Å². The number of carbonyl (C=O) groups is 1. The van der Waals surface area contributed by atoms with Gasteiger partial charge in [0.15, 0.2) is 0 Å². The highest BCUT2D eigenvalue weighted by Crippen LogP contribution is 2.09. The first-order valence-corrected chi connectivity index (χ1v) is 4.79. The quantitative estimate of drug-likeness (QED) is 0.551. The molecule has 14 heavy (non-hydrogen) atoms. The van der Waals surface area contributed by atoms with E-state index in [4.69, 9.17) is 5.11 Å². The zero-order valence-electron chi connectivity index (χ0n) is 8.90. The number of allylic oxidation sites excluding steroid dienone is 1. The number of nitrogens with one attached hydrogen (secondary N) is 1. The third-order valence-corrected chi connectivity index (χ3v) is 2.13. The van der Waals surface area contributed by atoms with Crippen molar-refractivity contribution in [3.63, 3.8) is 0 Å². The molecule has 0 saturated heterocycles. The molecule has 0 amide bonds. The summed E-state index contributed by atoms with van der Waals surface area (Å²) < 4.78 is 0. The molecular weight excluding hydrogens is 182 g/mol. The lowest BCUT2D eigenvalue weighted by Crippen LogP contribution is -2.46. The van der Waals surface area contributed by atoms with Crippen molar-refractivity contribution in [3.8, 4) is 0 Å². The summed E-state index contributed by atoms with van der Waals surface area (Å²) in [5.41, 5.74) is 0. The van der Waals surface area contributed by atoms with Gasteiger partial charge in [0, 0.05) is 5.92 Å². The molecule has 0 saturated carbocycles. The number of aliphatic carboxylic acids is 1. The van der Waals surface area contributed by atoms with Crippen molar-refractivity contribution in [2.75, 3.05) is 7.05 Å². The average Bonchev–Trinajstić information content (AvgIpc) is 2.14. The van der Waals surface area contributed by atoms with Gasteiger partial charge < -0.3 is 15.5 Å². The fraction of sp³-hybridized carbons (Fsp3) is 0.700. The molecular formula is C10H19NO3. The normalized spacial score (nSPS) is 18.0. The minimum absolute atomic E-state index is 0.163. The zero-order valence-corrected chi connectivity index (χ0v) is 8.90. The Morgan fingerprint density at radius 1 is 1.57 bits per heavy atom. The van der Waals surface area contributed by atoms with Crippen molar-refractivity contribution in [1.29, 1.82) is 0 Å². The van der Waals surface area contributed by atoms with Gasteiger partial charge in [-0.15, -0.1) is 0 Å². The van der Waals surface area contributed by atoms with Crippen LogP contribution in [-0.2, 0) is 4.79 Å². The molecule has 0 rings (SSSR count). The van der Waals surface area contributed by atoms with Gasteiger partial charge >= 0.3 is 5.97 Å². The third kappa shape index (κ3) is 3.89. The van der Waals surface area contributed by atoms with E-state index < -0.39 is 18.1 Å². The number of carboxylic acid groups (broad SMARTS) is 1. The summed E-state index contributed by atoms with van der Waals surface area (Å²) in [6, 6.07) is -0.911. The van der Waals surface area contributed by atoms with Gasteiger partial charge in [0.25, 0.3) is 0 Å². The molecule has 4 nitrogen and oxygen atoms in total. The van der Waals surface area contributed by atoms with Gasteiger partial charge in [-0.2, -0.15) is 0 Å². The molecule has 0 fully saturated rings. The Hall–Kier alpha value is -0.870. The van der Waals surface area contributed by atoms with Crippen LogP contribution in [0.5, 0.6) is 0 Å². The van der Waals surface area contributed by atoms with Gasteiger partial charge in [-0.25, -0.2) is 0 Å². The molecule has 0 aromatic heterocycles. The summed E-state index contributed by atoms with van der Waals surface area (Å²) in [7, 11) is 1.53. The van der Waals surface area contributed by atoms with Crippen molar-refractivity contribution in [2.24, 2.45) is 5.92 Å². The smallest absolute Gasteiger partial charge is 0.323 e. The second kappa shape index (κ2) is 6.56. The summed E-state index contributed by atoms with van der Waals surface area (Å²) in [4.78, 5) is 10.7. The minimum Gasteiger partial charge on any atom is -0.480 e. The van der Waals surface area contributed by atoms with E-state index in [0.29, 0.717) is 0 Å². The van der Waals surface area contributed by atoms with Crippen LogP contribution in [0.2, 0.25) is 0 Å². The van der Waals surface area contributed by atoms with Crippen molar-refractivity contribution >= 4 is 5.97 Å². The lowest BCUT2D eigenvalue weighted by Gasteiger charge is -2.22. The molecule has 0 heterocycles. The van der Waals surface area contributed by atoms with Crippen LogP contribution >= 0.6 is 0 Å². The first-order chi connectivity index (χ1) is 6.54. The highest BCUT2D eigenvalue weighted by Gasteiger charge is 2.27. The van der Waals surface area contributed by atoms with E-state index in [0.717, 1.165) is 6.42 Å². The van der Waals surface area contributed by atoms with E-state index >= 15 is 0 Å². The van der Waals surface area contributed by atoms with Crippen LogP contribution in [0.3, 0.4) is 0 Å². The van der Waals surface area contributed by atoms with Gasteiger partial charge in [-0.1, -0.05) is 26.0 Å². The fourth-order valence-electron chi connectivity index (χ4n) is 1.21. The highest BCUT2D eigenvalue weighted by molar-refractivity contribution is 5.74. The molecule has 0 aromatic carbocycles. The number of carboxylic acids is 1. The topological polar surface area (TPSA) is 69.6 Å². The van der Waals surface area contributed by atoms with Crippen LogP contribution in [0.4, 0.5) is 0 Å². The zero-order chi connectivity index (χ0) is 11.1. The van der Waals surface area contributed by atoms with Crippen LogP contribution in [0.1, 0.15) is 20.3 Å². The number of rotatable bonds is 6. The van der Waals surface area contributed by atoms with Gasteiger partial charge in [0.05, 0.1) is 6.10 Å². The van der Waals surface area contributed by atoms with Crippen molar-refractivity contribution in [2.45, 2.75) is 32.4 Å². The molecule has 0 aliphatic heterocycles. The lowest BCUT2D eigenvalue weighted by atomic mass is 9.97. The molecule has 0 aliphatic carbocycles. The summed E-state index contributed by atoms with van der Waals surface area (Å²) in [5, 5.41) is 21.0. The van der Waals surface area contributed by atoms with Crippen molar-refractivity contribution in [3.05, 3.63) is 12.2 Å². The van der Waals surface area contributed by atoms with Crippen LogP contribution in [0.25, 0.3) is 0 Å². The molecule has 0 radical (unpaired) electrons. The van der Waals surface area contributed by atoms with Gasteiger partial charge in [0.2, 0.25) is 0 Å². The van der Waals surface area contributed by atoms with Gasteiger partial charge in [-0.05, 0) is 13.5 Å². The summed E-state index contributed by atoms with van der Waals surface area (Å²) in [6.45, 7) is 3.78. The van der Waals surface area contributed by atoms with Crippen LogP contribution < -0.4 is 5.32 Å². The standard InChI is InChI=1S/C10H19NO3/c1-4-5-6-7(2)9(12)8(11-3)10(13)14/h5-9,11-12H,4H2,1-3H3,(H,13,14)/b6-5+/t7-,8+,9?/m1/s1. The largest absolute Gasteiger partial charge is 0.480 e. The van der Waals surface area contributed by atoms with Crippen LogP contribution in [-0.4, -0.2) is 35.4 Å². The second-order valence-corrected chi connectivity index (χ2v) is 3.29. The third-order valence-electron chi connectivity index (χ3n) is 2.13. The number of hydrogen-bond acceptors (Lipinski definition) is 3. The van der Waals surface area contributed by atoms with Crippen LogP contribution in [0, 0.1) is 5.92 Å². The molecule has 0 spiro atoms. The van der Waals surface area contributed by atoms with E-state index in [9.17, 15) is 9.90 Å². The highest BCUT2D eigenvalue weighted by atomic mass is 16.4. The van der Waals surface area contributed by atoms with Gasteiger partial charge in [-0.3, -0.25) is 4.79 Å². The summed E-state index contributed by atoms with van der Waals surface area (Å²) in [6.07, 6.45) is 3.73. The second-order valence-electron chi connectivity index (χ2n) is 3.29. The van der Waals surface area contributed by atoms with E-state index in [2.05, 4.69) is 5.32 Å². The Morgan fingerprint density at radius 2 is 2.14 bits per heavy atom. The molecule has 82 valence electrons. The van der Waals surface area contributed by atoms with Crippen LogP contribution in [0.15, 0.2) is 12.2 Å². The Bertz CT molecular complexity index is 204. The predicted molar refractivity (Wildman–Crippen MR) is 55.1 cm³/mol. The average molecular weight is 201 g/mol. The molecule has 0 aromatic rings. The Balaban J connectivity index is 4.33. The van der Waals surface area contributed by atoms with E-state index in [1.165, 1.54) is 7.05 Å². The first-order valence-electron chi connectivity index (χ1n) is 4.79. The number of likely N-dealkylation sites (N-methyl/N-ethyl adjacent to an activating group) is 1. The predicted octanol–water partition coefficient (Wildman–Crippen LogP) is 0.622. The molecule has 0 bridgehead atoms. The number of aliphatic hydroxyl groups excluding tert-OH is 1. The van der Waals surface area contributed by atoms with E-state index in [1.807, 2.05) is 19.1 Å². The lowest BCUT2D eigenvalue weighted by molar-refractivity contribution is -0.142. The molecule has 0 aliphatic rings. The maximum Gasteiger partial charge on any atom is 0.323 e. The molecule has 4 heteroatoms. The summed E-state index contributed by atoms with van der Waals surface area (Å²) in [5.74, 6) is -1.19. The number of aliphatic hydroxyl groups is 1. The van der Waals surface area contributed by atoms with E-state index in [1.54, 1.807) is 6.92 Å². The van der Waals surface area contributed by atoms with E-state index in [-0.39, 0.29) is 5.92 Å². The number of hydrogen-bond donors (Lipinski definition) is 3. The molecule has 3 N–H and O–H groups in total. The maximum absolute atomic E-state index is 10.7. The minimum atomic E-state index is -1.03. The molecule has 3 atom stereocenters. The van der Waals surface area contributed by atoms with Crippen molar-refractivity contribution < 1.29 is 15.0 Å². The first kappa shape index (κ1) is 13.1. The summed E-state index contributed by atoms with van der Waals surface area (Å²) >= 11 is 0. The Labute approximate surface area is 84.6 Å². The maximum atomic E-state index is 10.7. The SMILES string of the molecule is CC/C=C/[C@@H](C)C(O)[C@H](NC)C(=O)O. The van der Waals surface area contributed by atoms with Gasteiger partial charge in [0.1, 0.15) is 6.04 Å². The monoisotopic (exact) mass is 201 g/mol.